The van der Waals surface area contributed by atoms with Crippen molar-refractivity contribution in [3.63, 3.8) is 0 Å². The van der Waals surface area contributed by atoms with E-state index in [-0.39, 0.29) is 12.5 Å². The second kappa shape index (κ2) is 7.07. The zero-order chi connectivity index (χ0) is 16.1. The number of hydrogen-bond donors (Lipinski definition) is 1. The molecule has 0 aliphatic rings. The van der Waals surface area contributed by atoms with E-state index in [2.05, 4.69) is 15.3 Å². The first-order valence-corrected chi connectivity index (χ1v) is 7.44. The molecule has 1 heterocycles. The molecular weight excluding hydrogens is 314 g/mol. The van der Waals surface area contributed by atoms with E-state index in [0.717, 1.165) is 16.5 Å². The van der Waals surface area contributed by atoms with E-state index >= 15 is 0 Å². The number of nitrogens with one attached hydrogen (secondary N) is 1. The Labute approximate surface area is 138 Å². The molecule has 0 bridgehead atoms. The molecule has 0 aliphatic heterocycles. The summed E-state index contributed by atoms with van der Waals surface area (Å²) in [6, 6.07) is 14.8. The molecule has 116 valence electrons. The molecule has 1 N–H and O–H groups in total. The number of amides is 1. The molecule has 5 nitrogen and oxygen atoms in total. The molecule has 3 rings (SSSR count). The molecular formula is C17H14ClN3O2. The predicted octanol–water partition coefficient (Wildman–Crippen LogP) is 2.98. The maximum absolute atomic E-state index is 11.9. The summed E-state index contributed by atoms with van der Waals surface area (Å²) in [5.74, 6) is 0.149. The summed E-state index contributed by atoms with van der Waals surface area (Å²) in [7, 11) is 0. The minimum Gasteiger partial charge on any atom is -0.467 e. The van der Waals surface area contributed by atoms with Crippen molar-refractivity contribution in [2.75, 3.05) is 6.61 Å². The van der Waals surface area contributed by atoms with Crippen molar-refractivity contribution in [1.82, 2.24) is 15.3 Å². The number of benzene rings is 2. The summed E-state index contributed by atoms with van der Waals surface area (Å²) in [4.78, 5) is 20.1. The molecule has 0 unspecified atom stereocenters. The summed E-state index contributed by atoms with van der Waals surface area (Å²) in [6.07, 6.45) is 1.42. The van der Waals surface area contributed by atoms with Gasteiger partial charge in [0.1, 0.15) is 6.33 Å². The lowest BCUT2D eigenvalue weighted by molar-refractivity contribution is -0.123. The summed E-state index contributed by atoms with van der Waals surface area (Å²) in [5, 5.41) is 4.16. The number of halogens is 1. The van der Waals surface area contributed by atoms with E-state index in [4.69, 9.17) is 16.3 Å². The molecule has 0 fully saturated rings. The fraction of sp³-hybridized carbons (Fsp3) is 0.118. The molecule has 0 atom stereocenters. The first-order valence-electron chi connectivity index (χ1n) is 7.06. The maximum atomic E-state index is 11.9. The monoisotopic (exact) mass is 327 g/mol. The third-order valence-electron chi connectivity index (χ3n) is 3.28. The second-order valence-electron chi connectivity index (χ2n) is 4.85. The van der Waals surface area contributed by atoms with Crippen molar-refractivity contribution in [2.24, 2.45) is 0 Å². The summed E-state index contributed by atoms with van der Waals surface area (Å²) >= 11 is 6.05. The summed E-state index contributed by atoms with van der Waals surface area (Å²) in [6.45, 7) is 0.234. The Morgan fingerprint density at radius 3 is 2.74 bits per heavy atom. The molecule has 0 aliphatic carbocycles. The van der Waals surface area contributed by atoms with Crippen LogP contribution in [0.25, 0.3) is 10.9 Å². The van der Waals surface area contributed by atoms with Gasteiger partial charge in [-0.2, -0.15) is 0 Å². The minimum atomic E-state index is -0.243. The maximum Gasteiger partial charge on any atom is 0.258 e. The van der Waals surface area contributed by atoms with Crippen LogP contribution < -0.4 is 10.1 Å². The van der Waals surface area contributed by atoms with E-state index < -0.39 is 0 Å². The highest BCUT2D eigenvalue weighted by Gasteiger charge is 2.08. The lowest BCUT2D eigenvalue weighted by Gasteiger charge is -2.09. The lowest BCUT2D eigenvalue weighted by Crippen LogP contribution is -2.28. The van der Waals surface area contributed by atoms with Crippen molar-refractivity contribution >= 4 is 28.4 Å². The number of hydrogen-bond acceptors (Lipinski definition) is 4. The molecule has 23 heavy (non-hydrogen) atoms. The zero-order valence-corrected chi connectivity index (χ0v) is 13.0. The number of ether oxygens (including phenoxy) is 1. The third kappa shape index (κ3) is 3.76. The van der Waals surface area contributed by atoms with Gasteiger partial charge in [-0.3, -0.25) is 4.79 Å². The van der Waals surface area contributed by atoms with E-state index in [1.807, 2.05) is 42.5 Å². The van der Waals surface area contributed by atoms with Crippen molar-refractivity contribution in [3.05, 3.63) is 65.4 Å². The fourth-order valence-electron chi connectivity index (χ4n) is 2.12. The largest absolute Gasteiger partial charge is 0.467 e. The molecule has 1 aromatic heterocycles. The van der Waals surface area contributed by atoms with Crippen LogP contribution in [-0.2, 0) is 11.3 Å². The van der Waals surface area contributed by atoms with Gasteiger partial charge in [0, 0.05) is 11.6 Å². The molecule has 1 amide bonds. The molecule has 0 radical (unpaired) electrons. The van der Waals surface area contributed by atoms with E-state index in [9.17, 15) is 4.79 Å². The van der Waals surface area contributed by atoms with E-state index in [1.54, 1.807) is 6.07 Å². The minimum absolute atomic E-state index is 0.120. The molecule has 6 heteroatoms. The standard InChI is InChI=1S/C17H14ClN3O2/c18-14-7-3-1-5-12(14)9-19-16(22)10-23-17-13-6-2-4-8-15(13)20-11-21-17/h1-8,11H,9-10H2,(H,19,22). The van der Waals surface area contributed by atoms with Crippen LogP contribution in [0.1, 0.15) is 5.56 Å². The SMILES string of the molecule is O=C(COc1ncnc2ccccc12)NCc1ccccc1Cl. The Morgan fingerprint density at radius 2 is 1.87 bits per heavy atom. The Morgan fingerprint density at radius 1 is 1.09 bits per heavy atom. The second-order valence-corrected chi connectivity index (χ2v) is 5.26. The fourth-order valence-corrected chi connectivity index (χ4v) is 2.32. The average Bonchev–Trinajstić information content (AvgIpc) is 2.59. The van der Waals surface area contributed by atoms with Crippen molar-refractivity contribution < 1.29 is 9.53 Å². The van der Waals surface area contributed by atoms with E-state index in [0.29, 0.717) is 17.4 Å². The van der Waals surface area contributed by atoms with Crippen molar-refractivity contribution in [3.8, 4) is 5.88 Å². The number of aromatic nitrogens is 2. The number of rotatable bonds is 5. The first kappa shape index (κ1) is 15.2. The van der Waals surface area contributed by atoms with Gasteiger partial charge in [0.2, 0.25) is 5.88 Å². The van der Waals surface area contributed by atoms with Gasteiger partial charge in [-0.05, 0) is 23.8 Å². The molecule has 0 saturated carbocycles. The van der Waals surface area contributed by atoms with Gasteiger partial charge >= 0.3 is 0 Å². The van der Waals surface area contributed by atoms with Gasteiger partial charge in [-0.15, -0.1) is 0 Å². The van der Waals surface area contributed by atoms with Crippen LogP contribution in [0.15, 0.2) is 54.9 Å². The molecule has 0 spiro atoms. The Balaban J connectivity index is 1.59. The van der Waals surface area contributed by atoms with Crippen LogP contribution in [-0.4, -0.2) is 22.5 Å². The van der Waals surface area contributed by atoms with Crippen LogP contribution in [0.2, 0.25) is 5.02 Å². The van der Waals surface area contributed by atoms with Crippen molar-refractivity contribution in [2.45, 2.75) is 6.54 Å². The number of carbonyl (C=O) groups is 1. The predicted molar refractivity (Wildman–Crippen MR) is 88.3 cm³/mol. The Hall–Kier alpha value is -2.66. The quantitative estimate of drug-likeness (QED) is 0.782. The molecule has 0 saturated heterocycles. The van der Waals surface area contributed by atoms with Crippen LogP contribution in [0.4, 0.5) is 0 Å². The van der Waals surface area contributed by atoms with Gasteiger partial charge in [0.25, 0.3) is 5.91 Å². The Bertz CT molecular complexity index is 833. The highest BCUT2D eigenvalue weighted by atomic mass is 35.5. The van der Waals surface area contributed by atoms with Crippen LogP contribution >= 0.6 is 11.6 Å². The van der Waals surface area contributed by atoms with E-state index in [1.165, 1.54) is 6.33 Å². The zero-order valence-electron chi connectivity index (χ0n) is 12.2. The van der Waals surface area contributed by atoms with Gasteiger partial charge < -0.3 is 10.1 Å². The van der Waals surface area contributed by atoms with Crippen LogP contribution in [0, 0.1) is 0 Å². The van der Waals surface area contributed by atoms with Crippen LogP contribution in [0.5, 0.6) is 5.88 Å². The highest BCUT2D eigenvalue weighted by molar-refractivity contribution is 6.31. The first-order chi connectivity index (χ1) is 11.2. The number of fused-ring (bicyclic) bond motifs is 1. The number of para-hydroxylation sites is 1. The Kier molecular flexibility index (Phi) is 4.68. The summed E-state index contributed by atoms with van der Waals surface area (Å²) in [5.41, 5.74) is 1.63. The topological polar surface area (TPSA) is 64.1 Å². The van der Waals surface area contributed by atoms with Gasteiger partial charge in [0.05, 0.1) is 10.9 Å². The highest BCUT2D eigenvalue weighted by Crippen LogP contribution is 2.20. The smallest absolute Gasteiger partial charge is 0.258 e. The lowest BCUT2D eigenvalue weighted by atomic mass is 10.2. The number of nitrogens with zero attached hydrogens (tertiary/aromatic N) is 2. The average molecular weight is 328 g/mol. The normalized spacial score (nSPS) is 10.5. The molecule has 2 aromatic carbocycles. The van der Waals surface area contributed by atoms with Gasteiger partial charge in [-0.1, -0.05) is 41.9 Å². The summed E-state index contributed by atoms with van der Waals surface area (Å²) < 4.78 is 5.50. The van der Waals surface area contributed by atoms with Gasteiger partial charge in [0.15, 0.2) is 6.61 Å². The third-order valence-corrected chi connectivity index (χ3v) is 3.65. The van der Waals surface area contributed by atoms with Gasteiger partial charge in [-0.25, -0.2) is 9.97 Å². The molecule has 3 aromatic rings. The van der Waals surface area contributed by atoms with Crippen molar-refractivity contribution in [1.29, 1.82) is 0 Å². The number of carbonyl (C=O) groups excluding carboxylic acids is 1. The van der Waals surface area contributed by atoms with Crippen LogP contribution in [0.3, 0.4) is 0 Å².